The zero-order valence-corrected chi connectivity index (χ0v) is 9.16. The molecule has 0 bridgehead atoms. The number of aromatic carboxylic acids is 1. The van der Waals surface area contributed by atoms with E-state index in [4.69, 9.17) is 5.11 Å². The van der Waals surface area contributed by atoms with Gasteiger partial charge < -0.3 is 5.11 Å². The van der Waals surface area contributed by atoms with Crippen molar-refractivity contribution in [2.75, 3.05) is 0 Å². The fourth-order valence-corrected chi connectivity index (χ4v) is 1.80. The number of pyridine rings is 1. The lowest BCUT2D eigenvalue weighted by Gasteiger charge is -2.00. The Hall–Kier alpha value is -2.76. The molecular weight excluding hydrogens is 232 g/mol. The highest BCUT2D eigenvalue weighted by atomic mass is 16.4. The summed E-state index contributed by atoms with van der Waals surface area (Å²) >= 11 is 0. The van der Waals surface area contributed by atoms with Gasteiger partial charge in [0.25, 0.3) is 0 Å². The van der Waals surface area contributed by atoms with Gasteiger partial charge in [0.1, 0.15) is 5.69 Å². The lowest BCUT2D eigenvalue weighted by Crippen LogP contribution is -1.99. The van der Waals surface area contributed by atoms with E-state index in [2.05, 4.69) is 20.4 Å². The summed E-state index contributed by atoms with van der Waals surface area (Å²) in [6, 6.07) is 9.25. The van der Waals surface area contributed by atoms with Gasteiger partial charge in [-0.25, -0.2) is 4.79 Å². The average molecular weight is 240 g/mol. The molecule has 2 N–H and O–H groups in total. The zero-order chi connectivity index (χ0) is 12.5. The summed E-state index contributed by atoms with van der Waals surface area (Å²) in [6.45, 7) is 0. The molecule has 0 saturated heterocycles. The average Bonchev–Trinajstić information content (AvgIpc) is 2.87. The zero-order valence-electron chi connectivity index (χ0n) is 9.16. The number of nitrogens with zero attached hydrogens (tertiary/aromatic N) is 3. The second kappa shape index (κ2) is 3.92. The van der Waals surface area contributed by atoms with Crippen molar-refractivity contribution in [3.63, 3.8) is 0 Å². The summed E-state index contributed by atoms with van der Waals surface area (Å²) < 4.78 is 0. The SMILES string of the molecule is O=C(O)c1n[nH]nc1-c1ccc2cccnc2c1. The predicted molar refractivity (Wildman–Crippen MR) is 64.1 cm³/mol. The molecule has 0 atom stereocenters. The van der Waals surface area contributed by atoms with E-state index in [0.717, 1.165) is 10.9 Å². The van der Waals surface area contributed by atoms with Gasteiger partial charge in [0.2, 0.25) is 0 Å². The molecule has 1 aromatic carbocycles. The van der Waals surface area contributed by atoms with Crippen molar-refractivity contribution >= 4 is 16.9 Å². The van der Waals surface area contributed by atoms with Crippen LogP contribution in [0.5, 0.6) is 0 Å². The summed E-state index contributed by atoms with van der Waals surface area (Å²) in [4.78, 5) is 15.2. The fourth-order valence-electron chi connectivity index (χ4n) is 1.80. The number of carbonyl (C=O) groups is 1. The van der Waals surface area contributed by atoms with Crippen LogP contribution in [-0.2, 0) is 0 Å². The van der Waals surface area contributed by atoms with Crippen molar-refractivity contribution in [3.8, 4) is 11.3 Å². The molecule has 88 valence electrons. The second-order valence-corrected chi connectivity index (χ2v) is 3.74. The minimum Gasteiger partial charge on any atom is -0.476 e. The number of aromatic nitrogens is 4. The molecule has 0 radical (unpaired) electrons. The lowest BCUT2D eigenvalue weighted by atomic mass is 10.1. The van der Waals surface area contributed by atoms with Crippen LogP contribution in [0.1, 0.15) is 10.5 Å². The first-order valence-corrected chi connectivity index (χ1v) is 5.25. The number of H-pyrrole nitrogens is 1. The van der Waals surface area contributed by atoms with Crippen LogP contribution in [-0.4, -0.2) is 31.5 Å². The van der Waals surface area contributed by atoms with Crippen molar-refractivity contribution in [1.82, 2.24) is 20.4 Å². The standard InChI is InChI=1S/C12H8N4O2/c17-12(18)11-10(14-16-15-11)8-4-3-7-2-1-5-13-9(7)6-8/h1-6H,(H,17,18)(H,14,15,16). The number of carboxylic acid groups (broad SMARTS) is 1. The first kappa shape index (κ1) is 10.4. The highest BCUT2D eigenvalue weighted by molar-refractivity contribution is 5.94. The first-order chi connectivity index (χ1) is 8.75. The molecule has 6 heteroatoms. The van der Waals surface area contributed by atoms with Crippen LogP contribution >= 0.6 is 0 Å². The smallest absolute Gasteiger partial charge is 0.358 e. The van der Waals surface area contributed by atoms with Crippen molar-refractivity contribution in [1.29, 1.82) is 0 Å². The van der Waals surface area contributed by atoms with Crippen molar-refractivity contribution in [3.05, 3.63) is 42.2 Å². The van der Waals surface area contributed by atoms with Crippen LogP contribution in [0.3, 0.4) is 0 Å². The molecule has 0 fully saturated rings. The second-order valence-electron chi connectivity index (χ2n) is 3.74. The van der Waals surface area contributed by atoms with E-state index in [1.807, 2.05) is 18.2 Å². The monoisotopic (exact) mass is 240 g/mol. The number of aromatic amines is 1. The quantitative estimate of drug-likeness (QED) is 0.711. The molecule has 0 unspecified atom stereocenters. The largest absolute Gasteiger partial charge is 0.476 e. The third-order valence-electron chi connectivity index (χ3n) is 2.63. The Morgan fingerprint density at radius 1 is 1.22 bits per heavy atom. The van der Waals surface area contributed by atoms with E-state index in [1.165, 1.54) is 0 Å². The molecule has 0 amide bonds. The number of fused-ring (bicyclic) bond motifs is 1. The molecular formula is C12H8N4O2. The van der Waals surface area contributed by atoms with Crippen molar-refractivity contribution in [2.24, 2.45) is 0 Å². The van der Waals surface area contributed by atoms with Gasteiger partial charge in [-0.05, 0) is 12.1 Å². The molecule has 2 heterocycles. The number of rotatable bonds is 2. The summed E-state index contributed by atoms with van der Waals surface area (Å²) in [5.41, 5.74) is 1.68. The molecule has 0 aliphatic rings. The maximum Gasteiger partial charge on any atom is 0.358 e. The van der Waals surface area contributed by atoms with Crippen LogP contribution in [0, 0.1) is 0 Å². The molecule has 0 aliphatic carbocycles. The maximum absolute atomic E-state index is 11.0. The van der Waals surface area contributed by atoms with E-state index >= 15 is 0 Å². The van der Waals surface area contributed by atoms with Gasteiger partial charge in [-0.1, -0.05) is 18.2 Å². The third kappa shape index (κ3) is 1.60. The van der Waals surface area contributed by atoms with E-state index < -0.39 is 5.97 Å². The lowest BCUT2D eigenvalue weighted by molar-refractivity contribution is 0.0691. The Labute approximate surface area is 101 Å². The van der Waals surface area contributed by atoms with Crippen LogP contribution in [0.4, 0.5) is 0 Å². The first-order valence-electron chi connectivity index (χ1n) is 5.25. The van der Waals surface area contributed by atoms with Crippen molar-refractivity contribution in [2.45, 2.75) is 0 Å². The van der Waals surface area contributed by atoms with Crippen molar-refractivity contribution < 1.29 is 9.90 Å². The number of hydrogen-bond acceptors (Lipinski definition) is 4. The fraction of sp³-hybridized carbons (Fsp3) is 0. The number of hydrogen-bond donors (Lipinski definition) is 2. The number of carboxylic acids is 1. The summed E-state index contributed by atoms with van der Waals surface area (Å²) in [5, 5.41) is 19.8. The summed E-state index contributed by atoms with van der Waals surface area (Å²) in [6.07, 6.45) is 1.69. The molecule has 3 rings (SSSR count). The van der Waals surface area contributed by atoms with Gasteiger partial charge >= 0.3 is 5.97 Å². The van der Waals surface area contributed by atoms with Gasteiger partial charge in [0, 0.05) is 17.1 Å². The third-order valence-corrected chi connectivity index (χ3v) is 2.63. The van der Waals surface area contributed by atoms with Gasteiger partial charge in [-0.2, -0.15) is 10.3 Å². The van der Waals surface area contributed by atoms with E-state index in [9.17, 15) is 4.79 Å². The minimum absolute atomic E-state index is 0.0923. The van der Waals surface area contributed by atoms with E-state index in [-0.39, 0.29) is 5.69 Å². The van der Waals surface area contributed by atoms with Crippen LogP contribution < -0.4 is 0 Å². The number of benzene rings is 1. The van der Waals surface area contributed by atoms with Gasteiger partial charge in [0.05, 0.1) is 5.52 Å². The highest BCUT2D eigenvalue weighted by Crippen LogP contribution is 2.23. The molecule has 0 aliphatic heterocycles. The number of nitrogens with one attached hydrogen (secondary N) is 1. The Morgan fingerprint density at radius 3 is 2.94 bits per heavy atom. The topological polar surface area (TPSA) is 91.8 Å². The minimum atomic E-state index is -1.11. The molecule has 6 nitrogen and oxygen atoms in total. The van der Waals surface area contributed by atoms with E-state index in [1.54, 1.807) is 18.3 Å². The molecule has 2 aromatic heterocycles. The molecule has 3 aromatic rings. The predicted octanol–water partition coefficient (Wildman–Crippen LogP) is 1.72. The molecule has 0 saturated carbocycles. The summed E-state index contributed by atoms with van der Waals surface area (Å²) in [7, 11) is 0. The highest BCUT2D eigenvalue weighted by Gasteiger charge is 2.16. The summed E-state index contributed by atoms with van der Waals surface area (Å²) in [5.74, 6) is -1.11. The van der Waals surface area contributed by atoms with Gasteiger partial charge in [-0.15, -0.1) is 5.10 Å². The molecule has 0 spiro atoms. The Kier molecular flexibility index (Phi) is 2.26. The Bertz CT molecular complexity index is 736. The van der Waals surface area contributed by atoms with Crippen LogP contribution in [0.25, 0.3) is 22.2 Å². The normalized spacial score (nSPS) is 10.7. The van der Waals surface area contributed by atoms with Gasteiger partial charge in [-0.3, -0.25) is 4.98 Å². The van der Waals surface area contributed by atoms with Gasteiger partial charge in [0.15, 0.2) is 5.69 Å². The van der Waals surface area contributed by atoms with E-state index in [0.29, 0.717) is 11.3 Å². The van der Waals surface area contributed by atoms with Crippen LogP contribution in [0.15, 0.2) is 36.5 Å². The molecule has 18 heavy (non-hydrogen) atoms. The maximum atomic E-state index is 11.0. The Morgan fingerprint density at radius 2 is 2.11 bits per heavy atom. The van der Waals surface area contributed by atoms with Crippen LogP contribution in [0.2, 0.25) is 0 Å². The Balaban J connectivity index is 2.19.